The average molecular weight is 328 g/mol. The van der Waals surface area contributed by atoms with E-state index in [4.69, 9.17) is 0 Å². The number of carbonyl (C=O) groups excluding carboxylic acids is 2. The number of nitrogens with one attached hydrogen (secondary N) is 1. The summed E-state index contributed by atoms with van der Waals surface area (Å²) >= 11 is 0. The minimum absolute atomic E-state index is 0.0128. The molecular formula is C18H24N4O2. The van der Waals surface area contributed by atoms with Crippen LogP contribution in [0.1, 0.15) is 24.3 Å². The number of amides is 2. The number of rotatable bonds is 5. The molecule has 0 unspecified atom stereocenters. The van der Waals surface area contributed by atoms with Gasteiger partial charge in [-0.3, -0.25) is 14.3 Å². The predicted octanol–water partition coefficient (Wildman–Crippen LogP) is 1.93. The molecule has 0 saturated carbocycles. The van der Waals surface area contributed by atoms with Gasteiger partial charge in [0.15, 0.2) is 5.69 Å². The lowest BCUT2D eigenvalue weighted by Crippen LogP contribution is -2.49. The molecule has 0 aliphatic rings. The van der Waals surface area contributed by atoms with Crippen LogP contribution in [0.3, 0.4) is 0 Å². The fourth-order valence-corrected chi connectivity index (χ4v) is 2.46. The van der Waals surface area contributed by atoms with Gasteiger partial charge in [0.05, 0.1) is 5.69 Å². The Labute approximate surface area is 142 Å². The highest BCUT2D eigenvalue weighted by atomic mass is 16.2. The summed E-state index contributed by atoms with van der Waals surface area (Å²) in [6.07, 6.45) is 0. The third-order valence-corrected chi connectivity index (χ3v) is 3.84. The van der Waals surface area contributed by atoms with Crippen molar-refractivity contribution in [1.82, 2.24) is 20.0 Å². The number of benzene rings is 1. The van der Waals surface area contributed by atoms with E-state index in [0.29, 0.717) is 5.69 Å². The Balaban J connectivity index is 2.23. The van der Waals surface area contributed by atoms with Crippen LogP contribution in [0.15, 0.2) is 36.4 Å². The van der Waals surface area contributed by atoms with E-state index in [1.54, 1.807) is 31.9 Å². The molecule has 2 aromatic rings. The van der Waals surface area contributed by atoms with Crippen molar-refractivity contribution in [2.75, 3.05) is 14.1 Å². The standard InChI is InChI=1S/C18H24N4O2/c1-12(2)16(18(24)21(3)4)19-17(23)14-11-15(22(5)20-14)13-9-7-6-8-10-13/h6-12,16H,1-5H3,(H,19,23)/t16-/m1/s1. The summed E-state index contributed by atoms with van der Waals surface area (Å²) in [6.45, 7) is 3.81. The molecule has 1 aromatic heterocycles. The lowest BCUT2D eigenvalue weighted by Gasteiger charge is -2.24. The first kappa shape index (κ1) is 17.7. The third-order valence-electron chi connectivity index (χ3n) is 3.84. The average Bonchev–Trinajstić information content (AvgIpc) is 2.94. The Hall–Kier alpha value is -2.63. The van der Waals surface area contributed by atoms with E-state index >= 15 is 0 Å². The number of hydrogen-bond acceptors (Lipinski definition) is 3. The number of carbonyl (C=O) groups is 2. The van der Waals surface area contributed by atoms with Crippen LogP contribution in [-0.4, -0.2) is 46.6 Å². The molecule has 1 N–H and O–H groups in total. The van der Waals surface area contributed by atoms with Gasteiger partial charge in [-0.1, -0.05) is 44.2 Å². The van der Waals surface area contributed by atoms with Crippen LogP contribution >= 0.6 is 0 Å². The molecule has 0 bridgehead atoms. The monoisotopic (exact) mass is 328 g/mol. The zero-order chi connectivity index (χ0) is 17.9. The molecule has 0 fully saturated rings. The van der Waals surface area contributed by atoms with Crippen molar-refractivity contribution in [3.63, 3.8) is 0 Å². The van der Waals surface area contributed by atoms with E-state index in [1.807, 2.05) is 44.2 Å². The van der Waals surface area contributed by atoms with E-state index in [9.17, 15) is 9.59 Å². The largest absolute Gasteiger partial charge is 0.347 e. The normalized spacial score (nSPS) is 12.1. The van der Waals surface area contributed by atoms with Crippen LogP contribution in [-0.2, 0) is 11.8 Å². The van der Waals surface area contributed by atoms with E-state index in [-0.39, 0.29) is 17.7 Å². The number of hydrogen-bond donors (Lipinski definition) is 1. The highest BCUT2D eigenvalue weighted by molar-refractivity contribution is 5.97. The van der Waals surface area contributed by atoms with Gasteiger partial charge in [-0.2, -0.15) is 5.10 Å². The number of nitrogens with zero attached hydrogens (tertiary/aromatic N) is 3. The number of aromatic nitrogens is 2. The molecule has 6 nitrogen and oxygen atoms in total. The molecule has 0 aliphatic carbocycles. The van der Waals surface area contributed by atoms with Gasteiger partial charge in [-0.15, -0.1) is 0 Å². The molecule has 2 amide bonds. The van der Waals surface area contributed by atoms with Gasteiger partial charge in [-0.05, 0) is 17.5 Å². The molecule has 1 atom stereocenters. The summed E-state index contributed by atoms with van der Waals surface area (Å²) in [4.78, 5) is 26.2. The SMILES string of the molecule is CC(C)[C@@H](NC(=O)c1cc(-c2ccccc2)n(C)n1)C(=O)N(C)C. The highest BCUT2D eigenvalue weighted by Gasteiger charge is 2.27. The Morgan fingerprint density at radius 3 is 2.33 bits per heavy atom. The van der Waals surface area contributed by atoms with Crippen molar-refractivity contribution in [2.24, 2.45) is 13.0 Å². The zero-order valence-electron chi connectivity index (χ0n) is 14.8. The minimum Gasteiger partial charge on any atom is -0.347 e. The smallest absolute Gasteiger partial charge is 0.272 e. The Morgan fingerprint density at radius 1 is 1.17 bits per heavy atom. The second-order valence-corrected chi connectivity index (χ2v) is 6.33. The lowest BCUT2D eigenvalue weighted by molar-refractivity contribution is -0.131. The molecule has 24 heavy (non-hydrogen) atoms. The summed E-state index contributed by atoms with van der Waals surface area (Å²) in [7, 11) is 5.15. The molecule has 0 aliphatic heterocycles. The fraction of sp³-hybridized carbons (Fsp3) is 0.389. The van der Waals surface area contributed by atoms with E-state index in [0.717, 1.165) is 11.3 Å². The van der Waals surface area contributed by atoms with Gasteiger partial charge in [0, 0.05) is 21.1 Å². The van der Waals surface area contributed by atoms with Crippen LogP contribution in [0.5, 0.6) is 0 Å². The Morgan fingerprint density at radius 2 is 1.79 bits per heavy atom. The van der Waals surface area contributed by atoms with Crippen molar-refractivity contribution < 1.29 is 9.59 Å². The third kappa shape index (κ3) is 3.82. The molecule has 128 valence electrons. The lowest BCUT2D eigenvalue weighted by atomic mass is 10.0. The first-order valence-electron chi connectivity index (χ1n) is 7.92. The van der Waals surface area contributed by atoms with Crippen molar-refractivity contribution in [1.29, 1.82) is 0 Å². The summed E-state index contributed by atoms with van der Waals surface area (Å²) < 4.78 is 1.67. The summed E-state index contributed by atoms with van der Waals surface area (Å²) in [5.41, 5.74) is 2.13. The summed E-state index contributed by atoms with van der Waals surface area (Å²) in [5, 5.41) is 7.08. The van der Waals surface area contributed by atoms with Crippen LogP contribution in [0.25, 0.3) is 11.3 Å². The topological polar surface area (TPSA) is 67.2 Å². The van der Waals surface area contributed by atoms with E-state index in [1.165, 1.54) is 4.90 Å². The number of aryl methyl sites for hydroxylation is 1. The second-order valence-electron chi connectivity index (χ2n) is 6.33. The first-order valence-corrected chi connectivity index (χ1v) is 7.92. The predicted molar refractivity (Wildman–Crippen MR) is 93.4 cm³/mol. The van der Waals surface area contributed by atoms with Crippen molar-refractivity contribution in [3.8, 4) is 11.3 Å². The molecule has 0 radical (unpaired) electrons. The van der Waals surface area contributed by atoms with Gasteiger partial charge in [0.2, 0.25) is 5.91 Å². The first-order chi connectivity index (χ1) is 11.3. The number of likely N-dealkylation sites (N-methyl/N-ethyl adjacent to an activating group) is 1. The summed E-state index contributed by atoms with van der Waals surface area (Å²) in [5.74, 6) is -0.486. The maximum absolute atomic E-state index is 12.5. The molecule has 2 rings (SSSR count). The van der Waals surface area contributed by atoms with Crippen LogP contribution in [0, 0.1) is 5.92 Å². The van der Waals surface area contributed by atoms with Crippen molar-refractivity contribution >= 4 is 11.8 Å². The van der Waals surface area contributed by atoms with Crippen LogP contribution in [0.2, 0.25) is 0 Å². The molecule has 1 aromatic carbocycles. The van der Waals surface area contributed by atoms with Crippen LogP contribution < -0.4 is 5.32 Å². The molecule has 6 heteroatoms. The van der Waals surface area contributed by atoms with Gasteiger partial charge in [-0.25, -0.2) is 0 Å². The fourth-order valence-electron chi connectivity index (χ4n) is 2.46. The maximum atomic E-state index is 12.5. The van der Waals surface area contributed by atoms with E-state index in [2.05, 4.69) is 10.4 Å². The van der Waals surface area contributed by atoms with Gasteiger partial charge >= 0.3 is 0 Å². The molecular weight excluding hydrogens is 304 g/mol. The van der Waals surface area contributed by atoms with Gasteiger partial charge in [0.1, 0.15) is 6.04 Å². The molecule has 0 spiro atoms. The zero-order valence-corrected chi connectivity index (χ0v) is 14.8. The van der Waals surface area contributed by atoms with Crippen molar-refractivity contribution in [2.45, 2.75) is 19.9 Å². The Bertz CT molecular complexity index is 720. The summed E-state index contributed by atoms with van der Waals surface area (Å²) in [6, 6.07) is 10.9. The maximum Gasteiger partial charge on any atom is 0.272 e. The van der Waals surface area contributed by atoms with E-state index < -0.39 is 6.04 Å². The molecule has 1 heterocycles. The Kier molecular flexibility index (Phi) is 5.39. The second kappa shape index (κ2) is 7.29. The van der Waals surface area contributed by atoms with Gasteiger partial charge < -0.3 is 10.2 Å². The molecule has 0 saturated heterocycles. The van der Waals surface area contributed by atoms with Crippen molar-refractivity contribution in [3.05, 3.63) is 42.1 Å². The quantitative estimate of drug-likeness (QED) is 0.912. The highest BCUT2D eigenvalue weighted by Crippen LogP contribution is 2.19. The van der Waals surface area contributed by atoms with Crippen LogP contribution in [0.4, 0.5) is 0 Å². The van der Waals surface area contributed by atoms with Gasteiger partial charge in [0.25, 0.3) is 5.91 Å². The minimum atomic E-state index is -0.574.